The molecule has 6 nitrogen and oxygen atoms in total. The maximum atomic E-state index is 11.0. The predicted molar refractivity (Wildman–Crippen MR) is 208 cm³/mol. The van der Waals surface area contributed by atoms with Crippen molar-refractivity contribution in [1.82, 2.24) is 0 Å². The summed E-state index contributed by atoms with van der Waals surface area (Å²) in [5.41, 5.74) is 8.75. The van der Waals surface area contributed by atoms with Crippen molar-refractivity contribution in [2.24, 2.45) is 0 Å². The number of aryl methyl sites for hydroxylation is 2. The number of methoxy groups -OCH3 is 3. The molecular formula is C43H58O6S. The molecule has 50 heavy (non-hydrogen) atoms. The molecule has 0 fully saturated rings. The average Bonchev–Trinajstić information content (AvgIpc) is 3.11. The van der Waals surface area contributed by atoms with Gasteiger partial charge in [0.2, 0.25) is 0 Å². The lowest BCUT2D eigenvalue weighted by Gasteiger charge is -2.35. The summed E-state index contributed by atoms with van der Waals surface area (Å²) in [7, 11) is 4.87. The van der Waals surface area contributed by atoms with Crippen LogP contribution in [0.15, 0.2) is 60.7 Å². The zero-order valence-corrected chi connectivity index (χ0v) is 32.6. The summed E-state index contributed by atoms with van der Waals surface area (Å²) in [6, 6.07) is 20.9. The van der Waals surface area contributed by atoms with Crippen LogP contribution in [-0.2, 0) is 57.0 Å². The number of rotatable bonds is 14. The van der Waals surface area contributed by atoms with Gasteiger partial charge in [0.05, 0.1) is 19.8 Å². The Hall–Kier alpha value is -3.49. The lowest BCUT2D eigenvalue weighted by atomic mass is 9.68. The van der Waals surface area contributed by atoms with Crippen LogP contribution in [0, 0.1) is 6.92 Å². The Bertz CT molecular complexity index is 1710. The van der Waals surface area contributed by atoms with E-state index in [1.54, 1.807) is 21.3 Å². The standard InChI is InChI=1S/C39H48O6S.C4H10/c1-9-25-15-34(18-28(22-45-8)36(25)41)39(5,33-14-24(2)35(40)26(17-33)20-43-6)31-12-10-30(11-13-31)38(3,4)32-16-27(21-44-7)37(42)29(19-32)23-46;1-3-4-2/h10-19,40-42,46H,9,20-23H2,1-8H3;3-4H2,1-2H3. The third-order valence-electron chi connectivity index (χ3n) is 9.93. The van der Waals surface area contributed by atoms with E-state index in [-0.39, 0.29) is 35.9 Å². The van der Waals surface area contributed by atoms with Crippen molar-refractivity contribution in [2.45, 2.75) is 104 Å². The van der Waals surface area contributed by atoms with Gasteiger partial charge in [0.15, 0.2) is 0 Å². The topological polar surface area (TPSA) is 88.4 Å². The van der Waals surface area contributed by atoms with Gasteiger partial charge in [-0.1, -0.05) is 89.9 Å². The number of phenolic OH excluding ortho intramolecular Hbond substituents is 3. The number of unbranched alkanes of at least 4 members (excludes halogenated alkanes) is 1. The number of thiol groups is 1. The zero-order chi connectivity index (χ0) is 37.2. The van der Waals surface area contributed by atoms with Gasteiger partial charge in [-0.25, -0.2) is 0 Å². The van der Waals surface area contributed by atoms with Crippen LogP contribution >= 0.6 is 12.6 Å². The van der Waals surface area contributed by atoms with Gasteiger partial charge in [-0.05, 0) is 77.4 Å². The minimum Gasteiger partial charge on any atom is -0.507 e. The molecule has 272 valence electrons. The molecule has 4 aromatic rings. The van der Waals surface area contributed by atoms with Gasteiger partial charge in [0.25, 0.3) is 0 Å². The van der Waals surface area contributed by atoms with E-state index in [0.717, 1.165) is 55.6 Å². The lowest BCUT2D eigenvalue weighted by molar-refractivity contribution is 0.181. The maximum Gasteiger partial charge on any atom is 0.125 e. The molecule has 4 rings (SSSR count). The summed E-state index contributed by atoms with van der Waals surface area (Å²) in [5.74, 6) is 1.13. The highest BCUT2D eigenvalue weighted by atomic mass is 32.1. The quantitative estimate of drug-likeness (QED) is 0.0773. The number of phenols is 3. The Morgan fingerprint density at radius 1 is 0.540 bits per heavy atom. The highest BCUT2D eigenvalue weighted by Crippen LogP contribution is 2.45. The SMILES string of the molecule is CCCC.CCc1cc(C(C)(c2ccc(C(C)(C)c3cc(CS)c(O)c(COC)c3)cc2)c2cc(C)c(O)c(COC)c2)cc(COC)c1O. The molecule has 0 bridgehead atoms. The number of benzene rings is 4. The Kier molecular flexibility index (Phi) is 14.8. The van der Waals surface area contributed by atoms with Crippen molar-refractivity contribution in [2.75, 3.05) is 21.3 Å². The fourth-order valence-corrected chi connectivity index (χ4v) is 6.63. The minimum absolute atomic E-state index is 0.229. The number of ether oxygens (including phenoxy) is 3. The molecule has 1 atom stereocenters. The molecular weight excluding hydrogens is 645 g/mol. The normalized spacial score (nSPS) is 12.7. The van der Waals surface area contributed by atoms with Crippen LogP contribution in [0.3, 0.4) is 0 Å². The Balaban J connectivity index is 0.00000160. The predicted octanol–water partition coefficient (Wildman–Crippen LogP) is 10.0. The molecule has 0 saturated carbocycles. The average molecular weight is 703 g/mol. The summed E-state index contributed by atoms with van der Waals surface area (Å²) in [5, 5.41) is 32.7. The monoisotopic (exact) mass is 702 g/mol. The van der Waals surface area contributed by atoms with Gasteiger partial charge in [0, 0.05) is 60.2 Å². The third kappa shape index (κ3) is 8.68. The molecule has 0 aromatic heterocycles. The maximum absolute atomic E-state index is 11.0. The van der Waals surface area contributed by atoms with E-state index in [1.807, 2.05) is 44.2 Å². The summed E-state index contributed by atoms with van der Waals surface area (Å²) in [4.78, 5) is 0. The minimum atomic E-state index is -0.660. The number of hydrogen-bond donors (Lipinski definition) is 4. The second-order valence-electron chi connectivity index (χ2n) is 13.7. The molecule has 3 N–H and O–H groups in total. The molecule has 0 aliphatic rings. The van der Waals surface area contributed by atoms with Crippen LogP contribution < -0.4 is 0 Å². The molecule has 0 amide bonds. The Morgan fingerprint density at radius 3 is 1.40 bits per heavy atom. The molecule has 0 spiro atoms. The second-order valence-corrected chi connectivity index (χ2v) is 14.0. The smallest absolute Gasteiger partial charge is 0.125 e. The van der Waals surface area contributed by atoms with E-state index in [4.69, 9.17) is 14.2 Å². The van der Waals surface area contributed by atoms with Crippen molar-refractivity contribution in [3.05, 3.63) is 122 Å². The van der Waals surface area contributed by atoms with Crippen LogP contribution in [0.5, 0.6) is 17.2 Å². The van der Waals surface area contributed by atoms with Crippen molar-refractivity contribution >= 4 is 12.6 Å². The first-order chi connectivity index (χ1) is 23.8. The van der Waals surface area contributed by atoms with Gasteiger partial charge in [-0.15, -0.1) is 0 Å². The summed E-state index contributed by atoms with van der Waals surface area (Å²) < 4.78 is 16.3. The van der Waals surface area contributed by atoms with Gasteiger partial charge < -0.3 is 29.5 Å². The van der Waals surface area contributed by atoms with E-state index in [9.17, 15) is 15.3 Å². The Morgan fingerprint density at radius 2 is 0.940 bits per heavy atom. The van der Waals surface area contributed by atoms with E-state index in [0.29, 0.717) is 24.3 Å². The van der Waals surface area contributed by atoms with E-state index >= 15 is 0 Å². The molecule has 0 aliphatic heterocycles. The van der Waals surface area contributed by atoms with E-state index in [2.05, 4.69) is 77.6 Å². The van der Waals surface area contributed by atoms with E-state index < -0.39 is 5.41 Å². The number of hydrogen-bond acceptors (Lipinski definition) is 7. The summed E-state index contributed by atoms with van der Waals surface area (Å²) in [6.07, 6.45) is 3.30. The number of aromatic hydroxyl groups is 3. The first-order valence-electron chi connectivity index (χ1n) is 17.5. The van der Waals surface area contributed by atoms with Crippen LogP contribution in [0.2, 0.25) is 0 Å². The van der Waals surface area contributed by atoms with Gasteiger partial charge >= 0.3 is 0 Å². The van der Waals surface area contributed by atoms with Crippen molar-refractivity contribution in [1.29, 1.82) is 0 Å². The molecule has 7 heteroatoms. The molecule has 0 aliphatic carbocycles. The summed E-state index contributed by atoms with van der Waals surface area (Å²) >= 11 is 4.47. The second kappa shape index (κ2) is 18.1. The van der Waals surface area contributed by atoms with E-state index in [1.165, 1.54) is 12.8 Å². The van der Waals surface area contributed by atoms with Crippen molar-refractivity contribution in [3.63, 3.8) is 0 Å². The lowest BCUT2D eigenvalue weighted by Crippen LogP contribution is -2.27. The van der Waals surface area contributed by atoms with Crippen molar-refractivity contribution in [3.8, 4) is 17.2 Å². The third-order valence-corrected chi connectivity index (χ3v) is 10.3. The van der Waals surface area contributed by atoms with Crippen molar-refractivity contribution < 1.29 is 29.5 Å². The first kappa shape index (κ1) is 40.9. The molecule has 1 unspecified atom stereocenters. The van der Waals surface area contributed by atoms with Crippen LogP contribution in [0.25, 0.3) is 0 Å². The van der Waals surface area contributed by atoms with Crippen LogP contribution in [-0.4, -0.2) is 36.6 Å². The molecule has 4 aromatic carbocycles. The van der Waals surface area contributed by atoms with Crippen LogP contribution in [0.1, 0.15) is 116 Å². The Labute approximate surface area is 305 Å². The first-order valence-corrected chi connectivity index (χ1v) is 18.1. The molecule has 0 saturated heterocycles. The highest BCUT2D eigenvalue weighted by molar-refractivity contribution is 7.79. The molecule has 0 radical (unpaired) electrons. The van der Waals surface area contributed by atoms with Crippen LogP contribution in [0.4, 0.5) is 0 Å². The fraction of sp³-hybridized carbons (Fsp3) is 0.442. The highest BCUT2D eigenvalue weighted by Gasteiger charge is 2.35. The van der Waals surface area contributed by atoms with Gasteiger partial charge in [-0.2, -0.15) is 12.6 Å². The zero-order valence-electron chi connectivity index (χ0n) is 31.7. The largest absolute Gasteiger partial charge is 0.507 e. The van der Waals surface area contributed by atoms with Gasteiger partial charge in [0.1, 0.15) is 17.2 Å². The fourth-order valence-electron chi connectivity index (χ4n) is 6.38. The van der Waals surface area contributed by atoms with Gasteiger partial charge in [-0.3, -0.25) is 0 Å². The molecule has 0 heterocycles. The summed E-state index contributed by atoms with van der Waals surface area (Å²) in [6.45, 7) is 15.7.